The molecule has 1 aromatic rings. The highest BCUT2D eigenvalue weighted by Gasteiger charge is 2.36. The Kier molecular flexibility index (Phi) is 4.50. The van der Waals surface area contributed by atoms with Gasteiger partial charge in [0.15, 0.2) is 0 Å². The number of amides is 1. The average molecular weight is 306 g/mol. The van der Waals surface area contributed by atoms with Gasteiger partial charge in [-0.2, -0.15) is 0 Å². The van der Waals surface area contributed by atoms with Gasteiger partial charge >= 0.3 is 5.97 Å². The Morgan fingerprint density at radius 1 is 1.36 bits per heavy atom. The van der Waals surface area contributed by atoms with E-state index in [-0.39, 0.29) is 36.8 Å². The highest BCUT2D eigenvalue weighted by Crippen LogP contribution is 2.32. The molecule has 1 aliphatic heterocycles. The lowest BCUT2D eigenvalue weighted by atomic mass is 10.1. The van der Waals surface area contributed by atoms with Gasteiger partial charge in [0.1, 0.15) is 0 Å². The average Bonchev–Trinajstić information content (AvgIpc) is 2.72. The van der Waals surface area contributed by atoms with Crippen LogP contribution >= 0.6 is 0 Å². The van der Waals surface area contributed by atoms with Crippen molar-refractivity contribution in [3.63, 3.8) is 0 Å². The van der Waals surface area contributed by atoms with Crippen molar-refractivity contribution in [2.75, 3.05) is 18.1 Å². The number of carbonyl (C=O) groups excluding carboxylic acids is 3. The van der Waals surface area contributed by atoms with Crippen molar-refractivity contribution in [3.8, 4) is 0 Å². The normalized spacial score (nSPS) is 13.2. The van der Waals surface area contributed by atoms with Crippen molar-refractivity contribution in [2.24, 2.45) is 0 Å². The van der Waals surface area contributed by atoms with E-state index < -0.39 is 16.6 Å². The molecule has 1 amide bonds. The number of ketones is 1. The highest BCUT2D eigenvalue weighted by atomic mass is 16.6. The van der Waals surface area contributed by atoms with E-state index >= 15 is 0 Å². The first-order valence-corrected chi connectivity index (χ1v) is 6.76. The van der Waals surface area contributed by atoms with Crippen LogP contribution in [0.5, 0.6) is 0 Å². The second-order valence-electron chi connectivity index (χ2n) is 4.65. The van der Waals surface area contributed by atoms with Crippen LogP contribution in [-0.2, 0) is 14.3 Å². The van der Waals surface area contributed by atoms with E-state index in [1.165, 1.54) is 17.0 Å². The summed E-state index contributed by atoms with van der Waals surface area (Å²) in [5, 5.41) is 10.7. The molecule has 2 rings (SSSR count). The number of esters is 1. The summed E-state index contributed by atoms with van der Waals surface area (Å²) in [6, 6.07) is 3.71. The number of non-ortho nitro benzene ring substituents is 1. The zero-order valence-electron chi connectivity index (χ0n) is 11.9. The molecular weight excluding hydrogens is 292 g/mol. The summed E-state index contributed by atoms with van der Waals surface area (Å²) in [7, 11) is 0. The van der Waals surface area contributed by atoms with E-state index in [1.54, 1.807) is 6.92 Å². The summed E-state index contributed by atoms with van der Waals surface area (Å²) in [5.74, 6) is -1.88. The molecule has 1 aromatic carbocycles. The Hall–Kier alpha value is -2.77. The maximum Gasteiger partial charge on any atom is 0.305 e. The van der Waals surface area contributed by atoms with Gasteiger partial charge in [-0.3, -0.25) is 24.5 Å². The second-order valence-corrected chi connectivity index (χ2v) is 4.65. The minimum Gasteiger partial charge on any atom is -0.466 e. The maximum absolute atomic E-state index is 11.9. The van der Waals surface area contributed by atoms with Crippen molar-refractivity contribution < 1.29 is 24.0 Å². The quantitative estimate of drug-likeness (QED) is 0.341. The summed E-state index contributed by atoms with van der Waals surface area (Å²) in [5.41, 5.74) is 0.119. The molecule has 116 valence electrons. The van der Waals surface area contributed by atoms with Crippen molar-refractivity contribution >= 4 is 29.0 Å². The van der Waals surface area contributed by atoms with Gasteiger partial charge in [-0.25, -0.2) is 0 Å². The third-order valence-corrected chi connectivity index (χ3v) is 3.23. The Morgan fingerprint density at radius 3 is 2.73 bits per heavy atom. The summed E-state index contributed by atoms with van der Waals surface area (Å²) in [4.78, 5) is 46.4. The van der Waals surface area contributed by atoms with Gasteiger partial charge < -0.3 is 9.64 Å². The first-order chi connectivity index (χ1) is 10.5. The van der Waals surface area contributed by atoms with Crippen LogP contribution in [0.3, 0.4) is 0 Å². The Bertz CT molecular complexity index is 655. The molecule has 0 N–H and O–H groups in total. The SMILES string of the molecule is CCOC(=O)CCCN1C(=O)C(=O)c2cc([N+](=O)[O-])ccc21. The molecule has 0 radical (unpaired) electrons. The molecule has 0 aliphatic carbocycles. The van der Waals surface area contributed by atoms with E-state index in [9.17, 15) is 24.5 Å². The first-order valence-electron chi connectivity index (χ1n) is 6.76. The van der Waals surface area contributed by atoms with Crippen LogP contribution in [0, 0.1) is 10.1 Å². The molecule has 8 nitrogen and oxygen atoms in total. The number of nitro benzene ring substituents is 1. The van der Waals surface area contributed by atoms with Crippen molar-refractivity contribution in [2.45, 2.75) is 19.8 Å². The lowest BCUT2D eigenvalue weighted by Gasteiger charge is -2.15. The Balaban J connectivity index is 2.12. The number of benzene rings is 1. The van der Waals surface area contributed by atoms with Gasteiger partial charge in [-0.15, -0.1) is 0 Å². The molecule has 0 bridgehead atoms. The number of anilines is 1. The molecule has 0 saturated heterocycles. The van der Waals surface area contributed by atoms with Crippen molar-refractivity contribution in [1.82, 2.24) is 0 Å². The first kappa shape index (κ1) is 15.6. The lowest BCUT2D eigenvalue weighted by Crippen LogP contribution is -2.31. The number of carbonyl (C=O) groups is 3. The van der Waals surface area contributed by atoms with Gasteiger partial charge in [-0.1, -0.05) is 0 Å². The Labute approximate surface area is 125 Å². The minimum absolute atomic E-state index is 0.0235. The van der Waals surface area contributed by atoms with Crippen LogP contribution in [0.1, 0.15) is 30.1 Å². The van der Waals surface area contributed by atoms with Crippen LogP contribution in [-0.4, -0.2) is 35.7 Å². The molecule has 1 heterocycles. The lowest BCUT2D eigenvalue weighted by molar-refractivity contribution is -0.384. The third kappa shape index (κ3) is 2.95. The summed E-state index contributed by atoms with van der Waals surface area (Å²) < 4.78 is 4.78. The van der Waals surface area contributed by atoms with E-state index in [0.717, 1.165) is 6.07 Å². The van der Waals surface area contributed by atoms with Crippen LogP contribution in [0.2, 0.25) is 0 Å². The predicted molar refractivity (Wildman–Crippen MR) is 75.6 cm³/mol. The van der Waals surface area contributed by atoms with E-state index in [0.29, 0.717) is 12.1 Å². The van der Waals surface area contributed by atoms with Crippen LogP contribution in [0.25, 0.3) is 0 Å². The van der Waals surface area contributed by atoms with Gasteiger partial charge in [0.2, 0.25) is 0 Å². The molecular formula is C14H14N2O6. The standard InChI is InChI=1S/C14H14N2O6/c1-2-22-12(17)4-3-7-15-11-6-5-9(16(20)21)8-10(11)13(18)14(15)19/h5-6,8H,2-4,7H2,1H3. The fourth-order valence-electron chi connectivity index (χ4n) is 2.24. The largest absolute Gasteiger partial charge is 0.466 e. The number of fused-ring (bicyclic) bond motifs is 1. The van der Waals surface area contributed by atoms with Crippen LogP contribution in [0.15, 0.2) is 18.2 Å². The van der Waals surface area contributed by atoms with Crippen molar-refractivity contribution in [3.05, 3.63) is 33.9 Å². The minimum atomic E-state index is -0.769. The topological polar surface area (TPSA) is 107 Å². The monoisotopic (exact) mass is 306 g/mol. The highest BCUT2D eigenvalue weighted by molar-refractivity contribution is 6.52. The number of Topliss-reactive ketones (excluding diaryl/α,β-unsaturated/α-hetero) is 1. The molecule has 0 atom stereocenters. The molecule has 0 unspecified atom stereocenters. The number of ether oxygens (including phenoxy) is 1. The third-order valence-electron chi connectivity index (χ3n) is 3.23. The Morgan fingerprint density at radius 2 is 2.09 bits per heavy atom. The predicted octanol–water partition coefficient (Wildman–Crippen LogP) is 1.47. The second kappa shape index (κ2) is 6.33. The molecule has 0 spiro atoms. The van der Waals surface area contributed by atoms with Crippen molar-refractivity contribution in [1.29, 1.82) is 0 Å². The zero-order chi connectivity index (χ0) is 16.3. The van der Waals surface area contributed by atoms with Crippen LogP contribution < -0.4 is 4.90 Å². The molecule has 8 heteroatoms. The molecule has 1 aliphatic rings. The zero-order valence-corrected chi connectivity index (χ0v) is 11.9. The molecule has 0 fully saturated rings. The van der Waals surface area contributed by atoms with Crippen LogP contribution in [0.4, 0.5) is 11.4 Å². The number of hydrogen-bond donors (Lipinski definition) is 0. The fraction of sp³-hybridized carbons (Fsp3) is 0.357. The van der Waals surface area contributed by atoms with Gasteiger partial charge in [0.05, 0.1) is 22.8 Å². The van der Waals surface area contributed by atoms with Gasteiger partial charge in [0, 0.05) is 25.1 Å². The number of nitro groups is 1. The maximum atomic E-state index is 11.9. The van der Waals surface area contributed by atoms with E-state index in [2.05, 4.69) is 0 Å². The number of rotatable bonds is 6. The molecule has 0 aromatic heterocycles. The number of nitrogens with zero attached hydrogens (tertiary/aromatic N) is 2. The van der Waals surface area contributed by atoms with E-state index in [1.807, 2.05) is 0 Å². The molecule has 0 saturated carbocycles. The fourth-order valence-corrected chi connectivity index (χ4v) is 2.24. The van der Waals surface area contributed by atoms with Gasteiger partial charge in [0.25, 0.3) is 17.4 Å². The summed E-state index contributed by atoms with van der Waals surface area (Å²) in [6.07, 6.45) is 0.475. The molecule has 22 heavy (non-hydrogen) atoms. The smallest absolute Gasteiger partial charge is 0.305 e. The summed E-state index contributed by atoms with van der Waals surface area (Å²) in [6.45, 7) is 2.16. The number of hydrogen-bond acceptors (Lipinski definition) is 6. The van der Waals surface area contributed by atoms with E-state index in [4.69, 9.17) is 4.74 Å². The summed E-state index contributed by atoms with van der Waals surface area (Å²) >= 11 is 0. The van der Waals surface area contributed by atoms with Gasteiger partial charge in [-0.05, 0) is 19.4 Å².